The Hall–Kier alpha value is -0.940. The Bertz CT molecular complexity index is 380. The summed E-state index contributed by atoms with van der Waals surface area (Å²) in [6.07, 6.45) is 0. The van der Waals surface area contributed by atoms with Gasteiger partial charge in [-0.2, -0.15) is 0 Å². The number of ketones is 1. The van der Waals surface area contributed by atoms with Crippen LogP contribution in [0.15, 0.2) is 16.6 Å². The number of nitrogens with zero attached hydrogens (tertiary/aromatic N) is 1. The first kappa shape index (κ1) is 11.1. The monoisotopic (exact) mass is 277 g/mol. The van der Waals surface area contributed by atoms with Crippen LogP contribution in [0.1, 0.15) is 17.3 Å². The molecule has 6 heteroatoms. The summed E-state index contributed by atoms with van der Waals surface area (Å²) in [7, 11) is 0. The molecule has 0 N–H and O–H groups in total. The van der Waals surface area contributed by atoms with Gasteiger partial charge in [0.05, 0.1) is 14.4 Å². The molecule has 0 fully saturated rings. The predicted molar refractivity (Wildman–Crippen MR) is 55.8 cm³/mol. The van der Waals surface area contributed by atoms with Gasteiger partial charge in [-0.25, -0.2) is 0 Å². The lowest BCUT2D eigenvalue weighted by Gasteiger charge is -2.02. The Balaban J connectivity index is 3.58. The van der Waals surface area contributed by atoms with Crippen molar-refractivity contribution in [2.45, 2.75) is 6.92 Å². The zero-order chi connectivity index (χ0) is 10.9. The van der Waals surface area contributed by atoms with Gasteiger partial charge in [0.2, 0.25) is 0 Å². The van der Waals surface area contributed by atoms with Crippen LogP contribution in [0.3, 0.4) is 0 Å². The van der Waals surface area contributed by atoms with Crippen LogP contribution in [0.4, 0.5) is 5.69 Å². The molecule has 0 atom stereocenters. The highest BCUT2D eigenvalue weighted by atomic mass is 79.9. The Morgan fingerprint density at radius 3 is 2.50 bits per heavy atom. The fourth-order valence-electron chi connectivity index (χ4n) is 1.05. The van der Waals surface area contributed by atoms with Crippen LogP contribution in [-0.2, 0) is 0 Å². The van der Waals surface area contributed by atoms with Crippen molar-refractivity contribution in [3.05, 3.63) is 37.3 Å². The summed E-state index contributed by atoms with van der Waals surface area (Å²) < 4.78 is 0.247. The second-order valence-corrected chi connectivity index (χ2v) is 3.83. The Labute approximate surface area is 93.1 Å². The molecule has 4 nitrogen and oxygen atoms in total. The molecule has 0 spiro atoms. The van der Waals surface area contributed by atoms with Crippen LogP contribution >= 0.6 is 27.5 Å². The van der Waals surface area contributed by atoms with Crippen molar-refractivity contribution >= 4 is 39.0 Å². The highest BCUT2D eigenvalue weighted by Crippen LogP contribution is 2.33. The Morgan fingerprint density at radius 1 is 1.57 bits per heavy atom. The molecule has 1 rings (SSSR count). The number of nitro benzene ring substituents is 1. The Morgan fingerprint density at radius 2 is 2.14 bits per heavy atom. The lowest BCUT2D eigenvalue weighted by Crippen LogP contribution is -2.01. The van der Waals surface area contributed by atoms with Crippen LogP contribution in [0.25, 0.3) is 0 Å². The summed E-state index contributed by atoms with van der Waals surface area (Å²) in [4.78, 5) is 21.2. The molecule has 1 aromatic rings. The molecule has 0 heterocycles. The van der Waals surface area contributed by atoms with Crippen molar-refractivity contribution in [2.24, 2.45) is 0 Å². The molecule has 0 aliphatic carbocycles. The molecule has 0 unspecified atom stereocenters. The fraction of sp³-hybridized carbons (Fsp3) is 0.125. The molecule has 14 heavy (non-hydrogen) atoms. The van der Waals surface area contributed by atoms with E-state index in [1.807, 2.05) is 0 Å². The predicted octanol–water partition coefficient (Wildman–Crippen LogP) is 3.21. The number of nitro groups is 1. The normalized spacial score (nSPS) is 9.93. The van der Waals surface area contributed by atoms with Crippen LogP contribution in [-0.4, -0.2) is 10.7 Å². The van der Waals surface area contributed by atoms with E-state index in [4.69, 9.17) is 11.6 Å². The quantitative estimate of drug-likeness (QED) is 0.474. The Kier molecular flexibility index (Phi) is 3.23. The fourth-order valence-corrected chi connectivity index (χ4v) is 1.82. The molecule has 0 bridgehead atoms. The first-order chi connectivity index (χ1) is 6.45. The van der Waals surface area contributed by atoms with E-state index >= 15 is 0 Å². The van der Waals surface area contributed by atoms with Crippen LogP contribution in [0.5, 0.6) is 0 Å². The summed E-state index contributed by atoms with van der Waals surface area (Å²) >= 11 is 8.69. The lowest BCUT2D eigenvalue weighted by atomic mass is 10.1. The number of carbonyl (C=O) groups excluding carboxylic acids is 1. The smallest absolute Gasteiger partial charge is 0.294 e. The van der Waals surface area contributed by atoms with Gasteiger partial charge in [0.25, 0.3) is 5.69 Å². The van der Waals surface area contributed by atoms with Gasteiger partial charge in [-0.3, -0.25) is 14.9 Å². The van der Waals surface area contributed by atoms with Crippen molar-refractivity contribution in [3.8, 4) is 0 Å². The van der Waals surface area contributed by atoms with E-state index in [-0.39, 0.29) is 20.7 Å². The van der Waals surface area contributed by atoms with E-state index in [2.05, 4.69) is 15.9 Å². The lowest BCUT2D eigenvalue weighted by molar-refractivity contribution is -0.385. The molecule has 1 aromatic carbocycles. The van der Waals surface area contributed by atoms with Crippen LogP contribution in [0.2, 0.25) is 5.02 Å². The van der Waals surface area contributed by atoms with Gasteiger partial charge >= 0.3 is 0 Å². The van der Waals surface area contributed by atoms with E-state index in [1.165, 1.54) is 19.1 Å². The first-order valence-corrected chi connectivity index (χ1v) is 4.75. The number of halogens is 2. The first-order valence-electron chi connectivity index (χ1n) is 3.58. The number of hydrogen-bond donors (Lipinski definition) is 0. The third kappa shape index (κ3) is 1.93. The molecule has 0 saturated heterocycles. The van der Waals surface area contributed by atoms with Gasteiger partial charge < -0.3 is 0 Å². The molecule has 0 saturated carbocycles. The number of Topliss-reactive ketones (excluding diaryl/α,β-unsaturated/α-hetero) is 1. The van der Waals surface area contributed by atoms with Gasteiger partial charge in [-0.05, 0) is 35.0 Å². The zero-order valence-corrected chi connectivity index (χ0v) is 9.42. The van der Waals surface area contributed by atoms with Crippen LogP contribution in [0, 0.1) is 10.1 Å². The molecule has 74 valence electrons. The average molecular weight is 278 g/mol. The van der Waals surface area contributed by atoms with Gasteiger partial charge in [0.15, 0.2) is 5.78 Å². The van der Waals surface area contributed by atoms with Gasteiger partial charge in [0.1, 0.15) is 5.56 Å². The van der Waals surface area contributed by atoms with Crippen molar-refractivity contribution in [3.63, 3.8) is 0 Å². The average Bonchev–Trinajstić information content (AvgIpc) is 2.07. The highest BCUT2D eigenvalue weighted by molar-refractivity contribution is 9.10. The SMILES string of the molecule is CC(=O)c1c(Cl)ccc(Br)c1[N+](=O)[O-]. The highest BCUT2D eigenvalue weighted by Gasteiger charge is 2.24. The minimum atomic E-state index is -0.632. The number of carbonyl (C=O) groups is 1. The summed E-state index contributed by atoms with van der Waals surface area (Å²) in [5.74, 6) is -0.428. The van der Waals surface area contributed by atoms with E-state index in [0.29, 0.717) is 0 Å². The number of rotatable bonds is 2. The van der Waals surface area contributed by atoms with Gasteiger partial charge in [-0.1, -0.05) is 11.6 Å². The molecular formula is C8H5BrClNO3. The maximum Gasteiger partial charge on any atom is 0.295 e. The van der Waals surface area contributed by atoms with Crippen molar-refractivity contribution in [1.82, 2.24) is 0 Å². The standard InChI is InChI=1S/C8H5BrClNO3/c1-4(12)7-6(10)3-2-5(9)8(7)11(13)14/h2-3H,1H3. The largest absolute Gasteiger partial charge is 0.295 e. The summed E-state index contributed by atoms with van der Waals surface area (Å²) in [6.45, 7) is 1.24. The van der Waals surface area contributed by atoms with E-state index in [9.17, 15) is 14.9 Å². The zero-order valence-electron chi connectivity index (χ0n) is 7.08. The van der Waals surface area contributed by atoms with Gasteiger partial charge in [-0.15, -0.1) is 0 Å². The minimum absolute atomic E-state index is 0.0639. The molecule has 0 amide bonds. The summed E-state index contributed by atoms with van der Waals surface area (Å²) in [5.41, 5.74) is -0.351. The third-order valence-electron chi connectivity index (χ3n) is 1.61. The maximum atomic E-state index is 11.1. The topological polar surface area (TPSA) is 60.2 Å². The van der Waals surface area contributed by atoms with Gasteiger partial charge in [0, 0.05) is 0 Å². The van der Waals surface area contributed by atoms with E-state index in [1.54, 1.807) is 0 Å². The minimum Gasteiger partial charge on any atom is -0.294 e. The molecular weight excluding hydrogens is 273 g/mol. The van der Waals surface area contributed by atoms with Crippen molar-refractivity contribution in [2.75, 3.05) is 0 Å². The maximum absolute atomic E-state index is 11.1. The molecule has 0 radical (unpaired) electrons. The van der Waals surface area contributed by atoms with Crippen LogP contribution < -0.4 is 0 Å². The second kappa shape index (κ2) is 4.06. The van der Waals surface area contributed by atoms with Crippen molar-refractivity contribution in [1.29, 1.82) is 0 Å². The molecule has 0 aromatic heterocycles. The molecule has 0 aliphatic heterocycles. The summed E-state index contributed by atoms with van der Waals surface area (Å²) in [5, 5.41) is 10.8. The second-order valence-electron chi connectivity index (χ2n) is 2.57. The van der Waals surface area contributed by atoms with E-state index in [0.717, 1.165) is 0 Å². The third-order valence-corrected chi connectivity index (χ3v) is 2.57. The summed E-state index contributed by atoms with van der Waals surface area (Å²) in [6, 6.07) is 2.88. The number of benzene rings is 1. The number of hydrogen-bond acceptors (Lipinski definition) is 3. The van der Waals surface area contributed by atoms with Crippen molar-refractivity contribution < 1.29 is 9.72 Å². The molecule has 0 aliphatic rings. The van der Waals surface area contributed by atoms with E-state index < -0.39 is 10.7 Å².